The van der Waals surface area contributed by atoms with Crippen LogP contribution in [-0.4, -0.2) is 61.2 Å². The Balaban J connectivity index is 1.70. The molecular formula is C26H17F2N3O6. The van der Waals surface area contributed by atoms with Crippen LogP contribution in [0, 0.1) is 11.6 Å². The number of rotatable bonds is 1. The highest BCUT2D eigenvalue weighted by Crippen LogP contribution is 2.53. The maximum absolute atomic E-state index is 14.5. The van der Waals surface area contributed by atoms with E-state index < -0.39 is 60.6 Å². The Morgan fingerprint density at radius 1 is 0.838 bits per heavy atom. The Hall–Kier alpha value is -3.90. The van der Waals surface area contributed by atoms with Crippen LogP contribution in [0.5, 0.6) is 0 Å². The van der Waals surface area contributed by atoms with Gasteiger partial charge in [-0.05, 0) is 36.4 Å². The van der Waals surface area contributed by atoms with Gasteiger partial charge < -0.3 is 29.2 Å². The highest BCUT2D eigenvalue weighted by molar-refractivity contribution is 6.39. The smallest absolute Gasteiger partial charge is 0.259 e. The van der Waals surface area contributed by atoms with Crippen molar-refractivity contribution in [3.63, 3.8) is 0 Å². The first kappa shape index (κ1) is 21.2. The van der Waals surface area contributed by atoms with Crippen LogP contribution < -0.4 is 5.32 Å². The highest BCUT2D eigenvalue weighted by Gasteiger charge is 2.51. The van der Waals surface area contributed by atoms with Crippen LogP contribution >= 0.6 is 0 Å². The van der Waals surface area contributed by atoms with Gasteiger partial charge in [0.15, 0.2) is 6.23 Å². The number of imide groups is 1. The summed E-state index contributed by atoms with van der Waals surface area (Å²) in [5, 5.41) is 35.6. The van der Waals surface area contributed by atoms with Crippen LogP contribution in [0.4, 0.5) is 8.78 Å². The van der Waals surface area contributed by atoms with E-state index in [1.807, 2.05) is 0 Å². The van der Waals surface area contributed by atoms with Crippen LogP contribution in [0.25, 0.3) is 43.6 Å². The Morgan fingerprint density at radius 2 is 1.38 bits per heavy atom. The standard InChI is InChI=1S/C26H17F2N3O6/c27-8-1-3-12-10(5-8)15-17-18(25(36)29-24(17)35)16-11-6-9(28)2-4-13(11)31-20(16)19(15)30(12)21-23(34)22(33)14(7-32)37-26(21)31/h1-6,14,21-23,26,32-34H,7H2,(H,29,35,36)/t14-,21+,22+,23+,26-/m1/s1. The lowest BCUT2D eigenvalue weighted by atomic mass is 9.93. The zero-order chi connectivity index (χ0) is 25.5. The zero-order valence-electron chi connectivity index (χ0n) is 18.8. The first-order chi connectivity index (χ1) is 17.8. The minimum Gasteiger partial charge on any atom is -0.394 e. The summed E-state index contributed by atoms with van der Waals surface area (Å²) in [5.74, 6) is -2.44. The minimum absolute atomic E-state index is 0.0450. The number of hydrogen-bond donors (Lipinski definition) is 4. The van der Waals surface area contributed by atoms with Crippen LogP contribution in [-0.2, 0) is 4.74 Å². The fourth-order valence-corrected chi connectivity index (χ4v) is 6.63. The van der Waals surface area contributed by atoms with E-state index in [1.165, 1.54) is 36.4 Å². The maximum Gasteiger partial charge on any atom is 0.259 e. The molecule has 11 heteroatoms. The third kappa shape index (κ3) is 2.31. The molecule has 4 N–H and O–H groups in total. The number of carbonyl (C=O) groups excluding carboxylic acids is 2. The molecule has 1 fully saturated rings. The molecule has 5 aromatic rings. The van der Waals surface area contributed by atoms with Crippen molar-refractivity contribution < 1.29 is 38.4 Å². The quantitative estimate of drug-likeness (QED) is 0.259. The summed E-state index contributed by atoms with van der Waals surface area (Å²) in [5.41, 5.74) is 1.89. The molecule has 3 aliphatic rings. The van der Waals surface area contributed by atoms with E-state index in [2.05, 4.69) is 5.32 Å². The molecule has 1 saturated heterocycles. The molecule has 2 aromatic heterocycles. The number of benzene rings is 3. The summed E-state index contributed by atoms with van der Waals surface area (Å²) in [6.45, 7) is -0.570. The molecule has 0 saturated carbocycles. The van der Waals surface area contributed by atoms with Gasteiger partial charge >= 0.3 is 0 Å². The number of amides is 2. The van der Waals surface area contributed by atoms with E-state index in [1.54, 1.807) is 9.13 Å². The van der Waals surface area contributed by atoms with Gasteiger partial charge in [-0.2, -0.15) is 0 Å². The molecule has 5 atom stereocenters. The molecule has 9 nitrogen and oxygen atoms in total. The summed E-state index contributed by atoms with van der Waals surface area (Å²) in [4.78, 5) is 26.2. The van der Waals surface area contributed by atoms with Gasteiger partial charge in [0.25, 0.3) is 11.8 Å². The van der Waals surface area contributed by atoms with Crippen molar-refractivity contribution in [2.45, 2.75) is 30.6 Å². The van der Waals surface area contributed by atoms with E-state index in [-0.39, 0.29) is 11.1 Å². The Bertz CT molecular complexity index is 1910. The second-order valence-electron chi connectivity index (χ2n) is 9.76. The molecule has 0 unspecified atom stereocenters. The molecule has 186 valence electrons. The summed E-state index contributed by atoms with van der Waals surface area (Å²) in [6.07, 6.45) is -4.99. The van der Waals surface area contributed by atoms with Crippen LogP contribution in [0.1, 0.15) is 33.0 Å². The van der Waals surface area contributed by atoms with Gasteiger partial charge in [0, 0.05) is 27.1 Å². The first-order valence-electron chi connectivity index (χ1n) is 11.7. The average Bonchev–Trinajstić information content (AvgIpc) is 3.47. The molecule has 0 spiro atoms. The Labute approximate surface area is 205 Å². The van der Waals surface area contributed by atoms with E-state index in [9.17, 15) is 33.7 Å². The van der Waals surface area contributed by atoms with Gasteiger partial charge in [0.2, 0.25) is 0 Å². The van der Waals surface area contributed by atoms with Crippen molar-refractivity contribution in [2.75, 3.05) is 6.61 Å². The fourth-order valence-electron chi connectivity index (χ4n) is 6.63. The maximum atomic E-state index is 14.5. The molecule has 3 aromatic carbocycles. The summed E-state index contributed by atoms with van der Waals surface area (Å²) >= 11 is 0. The van der Waals surface area contributed by atoms with E-state index >= 15 is 0 Å². The Morgan fingerprint density at radius 3 is 1.95 bits per heavy atom. The SMILES string of the molecule is O=C1NC(=O)c2c1c1c3cc(F)ccc3n3c1c1c2c2cc(F)ccc2n1[C@@H]1O[C@H](CO)[C@H](O)[C@@H](O)[C@@H]13. The number of fused-ring (bicyclic) bond motifs is 12. The Kier molecular flexibility index (Phi) is 3.84. The molecule has 5 heterocycles. The highest BCUT2D eigenvalue weighted by atomic mass is 19.1. The lowest BCUT2D eigenvalue weighted by Crippen LogP contribution is -2.55. The molecule has 8 rings (SSSR count). The second-order valence-corrected chi connectivity index (χ2v) is 9.76. The topological polar surface area (TPSA) is 126 Å². The lowest BCUT2D eigenvalue weighted by Gasteiger charge is -2.46. The molecular weight excluding hydrogens is 488 g/mol. The number of aliphatic hydroxyl groups excluding tert-OH is 3. The molecule has 2 amide bonds. The molecule has 3 aliphatic heterocycles. The van der Waals surface area contributed by atoms with Gasteiger partial charge in [-0.25, -0.2) is 8.78 Å². The van der Waals surface area contributed by atoms with Crippen molar-refractivity contribution in [1.82, 2.24) is 14.5 Å². The fraction of sp³-hybridized carbons (Fsp3) is 0.231. The zero-order valence-corrected chi connectivity index (χ0v) is 18.8. The number of carbonyl (C=O) groups is 2. The number of halogens is 2. The first-order valence-corrected chi connectivity index (χ1v) is 11.7. The van der Waals surface area contributed by atoms with Gasteiger partial charge in [-0.3, -0.25) is 14.9 Å². The van der Waals surface area contributed by atoms with Crippen molar-refractivity contribution in [2.24, 2.45) is 0 Å². The van der Waals surface area contributed by atoms with E-state index in [0.717, 1.165) is 0 Å². The number of aromatic nitrogens is 2. The normalized spacial score (nSPS) is 26.6. The van der Waals surface area contributed by atoms with Crippen molar-refractivity contribution in [1.29, 1.82) is 0 Å². The van der Waals surface area contributed by atoms with Gasteiger partial charge in [0.05, 0.1) is 34.3 Å². The minimum atomic E-state index is -1.45. The monoisotopic (exact) mass is 505 g/mol. The van der Waals surface area contributed by atoms with Crippen molar-refractivity contribution >= 4 is 55.4 Å². The largest absolute Gasteiger partial charge is 0.394 e. The molecule has 0 aliphatic carbocycles. The van der Waals surface area contributed by atoms with E-state index in [4.69, 9.17) is 4.74 Å². The van der Waals surface area contributed by atoms with Gasteiger partial charge in [-0.15, -0.1) is 0 Å². The molecule has 0 bridgehead atoms. The average molecular weight is 505 g/mol. The predicted octanol–water partition coefficient (Wildman–Crippen LogP) is 2.23. The number of aliphatic hydroxyl groups is 3. The number of ether oxygens (including phenoxy) is 1. The van der Waals surface area contributed by atoms with Crippen molar-refractivity contribution in [3.05, 3.63) is 59.2 Å². The molecule has 0 radical (unpaired) electrons. The van der Waals surface area contributed by atoms with Crippen molar-refractivity contribution in [3.8, 4) is 0 Å². The van der Waals surface area contributed by atoms with E-state index in [0.29, 0.717) is 43.6 Å². The third-order valence-electron chi connectivity index (χ3n) is 8.01. The predicted molar refractivity (Wildman–Crippen MR) is 126 cm³/mol. The van der Waals surface area contributed by atoms with Crippen LogP contribution in [0.15, 0.2) is 36.4 Å². The van der Waals surface area contributed by atoms with Gasteiger partial charge in [-0.1, -0.05) is 0 Å². The van der Waals surface area contributed by atoms with Crippen LogP contribution in [0.2, 0.25) is 0 Å². The van der Waals surface area contributed by atoms with Crippen LogP contribution in [0.3, 0.4) is 0 Å². The number of nitrogens with one attached hydrogen (secondary N) is 1. The summed E-state index contributed by atoms with van der Waals surface area (Å²) in [7, 11) is 0. The number of hydrogen-bond acceptors (Lipinski definition) is 6. The summed E-state index contributed by atoms with van der Waals surface area (Å²) < 4.78 is 38.7. The third-order valence-corrected chi connectivity index (χ3v) is 8.01. The number of nitrogens with zero attached hydrogens (tertiary/aromatic N) is 2. The molecule has 37 heavy (non-hydrogen) atoms. The second kappa shape index (κ2) is 6.69. The van der Waals surface area contributed by atoms with Gasteiger partial charge in [0.1, 0.15) is 36.0 Å². The lowest BCUT2D eigenvalue weighted by molar-refractivity contribution is -0.223. The summed E-state index contributed by atoms with van der Waals surface area (Å²) in [6, 6.07) is 7.07.